The summed E-state index contributed by atoms with van der Waals surface area (Å²) in [4.78, 5) is 12.5. The number of benzene rings is 2. The molecule has 0 aliphatic rings. The van der Waals surface area contributed by atoms with E-state index in [-0.39, 0.29) is 11.7 Å². The monoisotopic (exact) mass is 396 g/mol. The lowest BCUT2D eigenvalue weighted by Gasteiger charge is -2.09. The van der Waals surface area contributed by atoms with E-state index in [1.165, 1.54) is 20.3 Å². The quantitative estimate of drug-likeness (QED) is 0.606. The summed E-state index contributed by atoms with van der Waals surface area (Å²) in [6, 6.07) is 14.8. The first-order chi connectivity index (χ1) is 14.1. The number of carbonyl (C=O) groups excluding carboxylic acids is 1. The molecule has 29 heavy (non-hydrogen) atoms. The zero-order valence-electron chi connectivity index (χ0n) is 16.1. The molecular formula is C21H21FN4O3. The number of ether oxygens (including phenoxy) is 2. The Morgan fingerprint density at radius 2 is 1.62 bits per heavy atom. The van der Waals surface area contributed by atoms with Crippen LogP contribution in [0.25, 0.3) is 0 Å². The number of nitrogens with one attached hydrogen (secondary N) is 2. The number of hydrogen-bond donors (Lipinski definition) is 2. The van der Waals surface area contributed by atoms with Crippen LogP contribution in [0.1, 0.15) is 15.9 Å². The van der Waals surface area contributed by atoms with Gasteiger partial charge in [-0.1, -0.05) is 18.2 Å². The van der Waals surface area contributed by atoms with Gasteiger partial charge in [0.2, 0.25) is 0 Å². The zero-order valence-corrected chi connectivity index (χ0v) is 16.1. The predicted molar refractivity (Wildman–Crippen MR) is 108 cm³/mol. The van der Waals surface area contributed by atoms with Gasteiger partial charge in [0.25, 0.3) is 5.91 Å². The molecule has 0 saturated heterocycles. The number of halogens is 1. The maximum absolute atomic E-state index is 13.6. The molecule has 1 aromatic heterocycles. The molecule has 1 heterocycles. The molecule has 0 aliphatic carbocycles. The molecule has 8 heteroatoms. The Bertz CT molecular complexity index is 958. The molecule has 1 amide bonds. The highest BCUT2D eigenvalue weighted by Gasteiger charge is 2.11. The molecule has 0 fully saturated rings. The summed E-state index contributed by atoms with van der Waals surface area (Å²) in [5, 5.41) is 13.8. The Balaban J connectivity index is 1.57. The van der Waals surface area contributed by atoms with Crippen molar-refractivity contribution in [2.45, 2.75) is 6.42 Å². The minimum atomic E-state index is -0.364. The smallest absolute Gasteiger partial charge is 0.257 e. The lowest BCUT2D eigenvalue weighted by Crippen LogP contribution is -2.14. The van der Waals surface area contributed by atoms with E-state index in [9.17, 15) is 9.18 Å². The molecule has 2 aromatic carbocycles. The van der Waals surface area contributed by atoms with Gasteiger partial charge < -0.3 is 20.1 Å². The summed E-state index contributed by atoms with van der Waals surface area (Å²) >= 11 is 0. The van der Waals surface area contributed by atoms with E-state index in [0.717, 1.165) is 0 Å². The van der Waals surface area contributed by atoms with E-state index >= 15 is 0 Å². The highest BCUT2D eigenvalue weighted by Crippen LogP contribution is 2.23. The maximum Gasteiger partial charge on any atom is 0.257 e. The number of hydrogen-bond acceptors (Lipinski definition) is 6. The summed E-state index contributed by atoms with van der Waals surface area (Å²) < 4.78 is 24.0. The normalized spacial score (nSPS) is 10.3. The zero-order chi connectivity index (χ0) is 20.6. The van der Waals surface area contributed by atoms with E-state index in [1.807, 2.05) is 0 Å². The van der Waals surface area contributed by atoms with Crippen molar-refractivity contribution >= 4 is 17.5 Å². The van der Waals surface area contributed by atoms with Gasteiger partial charge in [0.1, 0.15) is 23.1 Å². The van der Waals surface area contributed by atoms with Gasteiger partial charge in [-0.15, -0.1) is 10.2 Å². The highest BCUT2D eigenvalue weighted by atomic mass is 19.1. The number of rotatable bonds is 8. The summed E-state index contributed by atoms with van der Waals surface area (Å²) in [6.07, 6.45) is 0.518. The van der Waals surface area contributed by atoms with Crippen LogP contribution in [0.15, 0.2) is 54.6 Å². The van der Waals surface area contributed by atoms with Crippen LogP contribution in [-0.4, -0.2) is 36.9 Å². The molecule has 0 bridgehead atoms. The third-order valence-corrected chi connectivity index (χ3v) is 4.18. The minimum absolute atomic E-state index is 0.229. The molecule has 0 unspecified atom stereocenters. The fourth-order valence-corrected chi connectivity index (χ4v) is 2.65. The Morgan fingerprint density at radius 3 is 2.24 bits per heavy atom. The summed E-state index contributed by atoms with van der Waals surface area (Å²) in [7, 11) is 3.03. The van der Waals surface area contributed by atoms with E-state index in [0.29, 0.717) is 47.2 Å². The topological polar surface area (TPSA) is 85.4 Å². The average Bonchev–Trinajstić information content (AvgIpc) is 2.75. The first kappa shape index (κ1) is 20.1. The van der Waals surface area contributed by atoms with E-state index < -0.39 is 0 Å². The van der Waals surface area contributed by atoms with Gasteiger partial charge in [0.15, 0.2) is 5.82 Å². The van der Waals surface area contributed by atoms with Crippen molar-refractivity contribution in [2.24, 2.45) is 0 Å². The van der Waals surface area contributed by atoms with Crippen LogP contribution < -0.4 is 20.1 Å². The number of carbonyl (C=O) groups is 1. The summed E-state index contributed by atoms with van der Waals surface area (Å²) in [5.74, 6) is 1.26. The molecule has 0 aliphatic heterocycles. The van der Waals surface area contributed by atoms with Crippen molar-refractivity contribution in [2.75, 3.05) is 31.4 Å². The average molecular weight is 396 g/mol. The van der Waals surface area contributed by atoms with Crippen molar-refractivity contribution in [3.63, 3.8) is 0 Å². The second-order valence-electron chi connectivity index (χ2n) is 6.13. The molecule has 3 aromatic rings. The fraction of sp³-hybridized carbons (Fsp3) is 0.190. The molecule has 2 N–H and O–H groups in total. The van der Waals surface area contributed by atoms with Crippen LogP contribution in [0.3, 0.4) is 0 Å². The van der Waals surface area contributed by atoms with Crippen LogP contribution in [0, 0.1) is 5.82 Å². The predicted octanol–water partition coefficient (Wildman–Crippen LogP) is 3.54. The molecule has 0 spiro atoms. The number of amides is 1. The first-order valence-corrected chi connectivity index (χ1v) is 8.94. The van der Waals surface area contributed by atoms with Crippen molar-refractivity contribution in [3.8, 4) is 11.5 Å². The third-order valence-electron chi connectivity index (χ3n) is 4.18. The molecule has 7 nitrogen and oxygen atoms in total. The van der Waals surface area contributed by atoms with Crippen LogP contribution in [0.2, 0.25) is 0 Å². The van der Waals surface area contributed by atoms with E-state index in [4.69, 9.17) is 9.47 Å². The van der Waals surface area contributed by atoms with Gasteiger partial charge in [-0.3, -0.25) is 4.79 Å². The largest absolute Gasteiger partial charge is 0.497 e. The van der Waals surface area contributed by atoms with Gasteiger partial charge in [0.05, 0.1) is 14.2 Å². The third kappa shape index (κ3) is 5.41. The van der Waals surface area contributed by atoms with Gasteiger partial charge >= 0.3 is 0 Å². The molecule has 150 valence electrons. The molecule has 0 atom stereocenters. The standard InChI is InChI=1S/C21H21FN4O3/c1-28-16-11-15(12-17(13-16)29-2)21(27)24-20-8-7-19(25-26-20)23-10-9-14-5-3-4-6-18(14)22/h3-8,11-13H,9-10H2,1-2H3,(H,23,25)(H,24,26,27). The van der Waals surface area contributed by atoms with E-state index in [1.54, 1.807) is 48.5 Å². The lowest BCUT2D eigenvalue weighted by atomic mass is 10.1. The van der Waals surface area contributed by atoms with Crippen molar-refractivity contribution < 1.29 is 18.7 Å². The minimum Gasteiger partial charge on any atom is -0.497 e. The Morgan fingerprint density at radius 1 is 0.966 bits per heavy atom. The van der Waals surface area contributed by atoms with Crippen molar-refractivity contribution in [1.82, 2.24) is 10.2 Å². The Hall–Kier alpha value is -3.68. The Labute approximate surface area is 167 Å². The van der Waals surface area contributed by atoms with Gasteiger partial charge in [-0.25, -0.2) is 4.39 Å². The molecular weight excluding hydrogens is 375 g/mol. The van der Waals surface area contributed by atoms with Crippen molar-refractivity contribution in [3.05, 3.63) is 71.5 Å². The molecule has 0 radical (unpaired) electrons. The number of nitrogens with zero attached hydrogens (tertiary/aromatic N) is 2. The first-order valence-electron chi connectivity index (χ1n) is 8.94. The van der Waals surface area contributed by atoms with Gasteiger partial charge in [0, 0.05) is 18.2 Å². The van der Waals surface area contributed by atoms with Gasteiger partial charge in [-0.05, 0) is 42.3 Å². The molecule has 3 rings (SSSR count). The number of anilines is 2. The highest BCUT2D eigenvalue weighted by molar-refractivity contribution is 6.04. The second-order valence-corrected chi connectivity index (χ2v) is 6.13. The van der Waals surface area contributed by atoms with Gasteiger partial charge in [-0.2, -0.15) is 0 Å². The SMILES string of the molecule is COc1cc(OC)cc(C(=O)Nc2ccc(NCCc3ccccc3F)nn2)c1. The van der Waals surface area contributed by atoms with Crippen LogP contribution in [-0.2, 0) is 6.42 Å². The Kier molecular flexibility index (Phi) is 6.57. The van der Waals surface area contributed by atoms with E-state index in [2.05, 4.69) is 20.8 Å². The van der Waals surface area contributed by atoms with Crippen LogP contribution in [0.4, 0.5) is 16.0 Å². The van der Waals surface area contributed by atoms with Crippen LogP contribution in [0.5, 0.6) is 11.5 Å². The molecule has 0 saturated carbocycles. The number of methoxy groups -OCH3 is 2. The van der Waals surface area contributed by atoms with Crippen molar-refractivity contribution in [1.29, 1.82) is 0 Å². The summed E-state index contributed by atoms with van der Waals surface area (Å²) in [6.45, 7) is 0.505. The second kappa shape index (κ2) is 9.50. The maximum atomic E-state index is 13.6. The lowest BCUT2D eigenvalue weighted by molar-refractivity contribution is 0.102. The number of aromatic nitrogens is 2. The fourth-order valence-electron chi connectivity index (χ4n) is 2.65. The summed E-state index contributed by atoms with van der Waals surface area (Å²) in [5.41, 5.74) is 1.00. The van der Waals surface area contributed by atoms with Crippen LogP contribution >= 0.6 is 0 Å².